The predicted octanol–water partition coefficient (Wildman–Crippen LogP) is 1.70. The molecule has 13 heavy (non-hydrogen) atoms. The van der Waals surface area contributed by atoms with Crippen LogP contribution in [-0.4, -0.2) is 17.8 Å². The summed E-state index contributed by atoms with van der Waals surface area (Å²) in [6.45, 7) is -0.540. The summed E-state index contributed by atoms with van der Waals surface area (Å²) >= 11 is 0. The maximum absolute atomic E-state index is 12.1. The number of hydroxylamine groups is 2. The van der Waals surface area contributed by atoms with Crippen molar-refractivity contribution in [3.63, 3.8) is 0 Å². The van der Waals surface area contributed by atoms with Gasteiger partial charge in [-0.25, -0.2) is 0 Å². The van der Waals surface area contributed by atoms with Crippen molar-refractivity contribution in [3.8, 4) is 6.07 Å². The van der Waals surface area contributed by atoms with Crippen LogP contribution in [0.15, 0.2) is 23.4 Å². The molecule has 0 aromatic heterocycles. The lowest BCUT2D eigenvalue weighted by molar-refractivity contribution is -0.0892. The van der Waals surface area contributed by atoms with Gasteiger partial charge >= 0.3 is 6.18 Å². The number of allylic oxidation sites excluding steroid dienone is 2. The fraction of sp³-hybridized carbons (Fsp3) is 0.286. The minimum atomic E-state index is -4.57. The van der Waals surface area contributed by atoms with Crippen LogP contribution in [0.1, 0.15) is 0 Å². The van der Waals surface area contributed by atoms with E-state index in [0.717, 1.165) is 6.20 Å². The van der Waals surface area contributed by atoms with Crippen LogP contribution in [0.3, 0.4) is 0 Å². The predicted molar refractivity (Wildman–Crippen MR) is 37.9 cm³/mol. The molecule has 0 saturated heterocycles. The van der Waals surface area contributed by atoms with E-state index >= 15 is 0 Å². The van der Waals surface area contributed by atoms with Crippen molar-refractivity contribution in [2.24, 2.45) is 0 Å². The van der Waals surface area contributed by atoms with Gasteiger partial charge in [-0.3, -0.25) is 0 Å². The molecule has 0 aromatic carbocycles. The lowest BCUT2D eigenvalue weighted by atomic mass is 10.1. The molecule has 0 amide bonds. The van der Waals surface area contributed by atoms with Gasteiger partial charge in [0, 0.05) is 6.54 Å². The Morgan fingerprint density at radius 3 is 2.62 bits per heavy atom. The van der Waals surface area contributed by atoms with Crippen LogP contribution >= 0.6 is 0 Å². The standard InChI is InChI=1S/C7H4F3N2O/c8-7(9,10)6-1-2-12(13)4-5(6)3-11/h1-2H,4H2/q-1. The van der Waals surface area contributed by atoms with Gasteiger partial charge in [-0.1, -0.05) is 0 Å². The Hall–Kier alpha value is -1.48. The van der Waals surface area contributed by atoms with Crippen molar-refractivity contribution in [2.75, 3.05) is 6.54 Å². The van der Waals surface area contributed by atoms with E-state index in [4.69, 9.17) is 5.26 Å². The molecule has 70 valence electrons. The quantitative estimate of drug-likeness (QED) is 0.582. The van der Waals surface area contributed by atoms with E-state index in [2.05, 4.69) is 0 Å². The molecule has 0 aromatic rings. The summed E-state index contributed by atoms with van der Waals surface area (Å²) in [6.07, 6.45) is -3.21. The minimum Gasteiger partial charge on any atom is -0.758 e. The van der Waals surface area contributed by atoms with Crippen molar-refractivity contribution in [2.45, 2.75) is 6.18 Å². The molecule has 6 heteroatoms. The first-order valence-electron chi connectivity index (χ1n) is 3.27. The molecule has 0 N–H and O–H groups in total. The highest BCUT2D eigenvalue weighted by Gasteiger charge is 2.35. The van der Waals surface area contributed by atoms with Crippen LogP contribution in [0.25, 0.3) is 0 Å². The summed E-state index contributed by atoms with van der Waals surface area (Å²) in [6, 6.07) is 1.36. The van der Waals surface area contributed by atoms with E-state index in [0.29, 0.717) is 6.08 Å². The molecule has 0 atom stereocenters. The third kappa shape index (κ3) is 2.00. The summed E-state index contributed by atoms with van der Waals surface area (Å²) in [5.41, 5.74) is -1.59. The van der Waals surface area contributed by atoms with Gasteiger partial charge < -0.3 is 10.3 Å². The van der Waals surface area contributed by atoms with Crippen molar-refractivity contribution >= 4 is 0 Å². The largest absolute Gasteiger partial charge is 0.758 e. The van der Waals surface area contributed by atoms with Gasteiger partial charge in [0.25, 0.3) is 0 Å². The van der Waals surface area contributed by atoms with Crippen molar-refractivity contribution in [1.29, 1.82) is 5.26 Å². The van der Waals surface area contributed by atoms with Gasteiger partial charge in [0.05, 0.1) is 17.2 Å². The van der Waals surface area contributed by atoms with Gasteiger partial charge in [0.15, 0.2) is 0 Å². The molecule has 0 bridgehead atoms. The van der Waals surface area contributed by atoms with E-state index in [9.17, 15) is 18.4 Å². The molecule has 1 heterocycles. The summed E-state index contributed by atoms with van der Waals surface area (Å²) in [7, 11) is 0. The highest BCUT2D eigenvalue weighted by atomic mass is 19.4. The normalized spacial score (nSPS) is 17.6. The van der Waals surface area contributed by atoms with Gasteiger partial charge in [-0.15, -0.1) is 0 Å². The monoisotopic (exact) mass is 189 g/mol. The van der Waals surface area contributed by atoms with Crippen LogP contribution in [0, 0.1) is 16.5 Å². The second-order valence-electron chi connectivity index (χ2n) is 2.39. The third-order valence-electron chi connectivity index (χ3n) is 1.49. The smallest absolute Gasteiger partial charge is 0.417 e. The van der Waals surface area contributed by atoms with Crippen LogP contribution < -0.4 is 0 Å². The topological polar surface area (TPSA) is 50.1 Å². The maximum Gasteiger partial charge on any atom is 0.417 e. The molecule has 0 spiro atoms. The third-order valence-corrected chi connectivity index (χ3v) is 1.49. The Morgan fingerprint density at radius 1 is 1.54 bits per heavy atom. The van der Waals surface area contributed by atoms with E-state index in [1.807, 2.05) is 0 Å². The van der Waals surface area contributed by atoms with Crippen molar-refractivity contribution in [1.82, 2.24) is 5.06 Å². The van der Waals surface area contributed by atoms with E-state index in [-0.39, 0.29) is 5.06 Å². The van der Waals surface area contributed by atoms with Gasteiger partial charge in [0.2, 0.25) is 0 Å². The number of rotatable bonds is 0. The summed E-state index contributed by atoms with van der Waals surface area (Å²) in [5.74, 6) is 0. The lowest BCUT2D eigenvalue weighted by Gasteiger charge is -2.30. The first-order valence-corrected chi connectivity index (χ1v) is 3.27. The highest BCUT2D eigenvalue weighted by molar-refractivity contribution is 5.41. The zero-order valence-electron chi connectivity index (χ0n) is 6.30. The van der Waals surface area contributed by atoms with E-state index < -0.39 is 23.9 Å². The lowest BCUT2D eigenvalue weighted by Crippen LogP contribution is -2.23. The van der Waals surface area contributed by atoms with Crippen molar-refractivity contribution < 1.29 is 13.2 Å². The Balaban J connectivity index is 3.08. The molecule has 0 unspecified atom stereocenters. The average Bonchev–Trinajstić information content (AvgIpc) is 2.01. The second kappa shape index (κ2) is 3.11. The molecule has 1 rings (SSSR count). The molecule has 0 aliphatic carbocycles. The number of alkyl halides is 3. The molecule has 0 radical (unpaired) electrons. The second-order valence-corrected chi connectivity index (χ2v) is 2.39. The average molecular weight is 189 g/mol. The molecule has 1 aliphatic rings. The van der Waals surface area contributed by atoms with Crippen LogP contribution in [-0.2, 0) is 0 Å². The van der Waals surface area contributed by atoms with Gasteiger partial charge in [-0.2, -0.15) is 18.4 Å². The number of halogens is 3. The van der Waals surface area contributed by atoms with Crippen molar-refractivity contribution in [3.05, 3.63) is 28.6 Å². The number of nitrogens with zero attached hydrogens (tertiary/aromatic N) is 2. The Labute approximate surface area is 71.9 Å². The Morgan fingerprint density at radius 2 is 2.15 bits per heavy atom. The summed E-state index contributed by atoms with van der Waals surface area (Å²) in [5, 5.41) is 19.2. The molecule has 0 fully saturated rings. The summed E-state index contributed by atoms with van der Waals surface area (Å²) < 4.78 is 36.4. The zero-order valence-corrected chi connectivity index (χ0v) is 6.30. The Bertz CT molecular complexity index is 311. The van der Waals surface area contributed by atoms with Gasteiger partial charge in [0.1, 0.15) is 0 Å². The number of hydrogen-bond acceptors (Lipinski definition) is 3. The van der Waals surface area contributed by atoms with E-state index in [1.54, 1.807) is 0 Å². The SMILES string of the molecule is N#CC1=C(C(F)(F)F)C=CN([O-])C1. The fourth-order valence-corrected chi connectivity index (χ4v) is 0.913. The molecule has 0 saturated carbocycles. The van der Waals surface area contributed by atoms with Crippen LogP contribution in [0.2, 0.25) is 0 Å². The van der Waals surface area contributed by atoms with Crippen LogP contribution in [0.5, 0.6) is 0 Å². The first-order chi connectivity index (χ1) is 5.95. The highest BCUT2D eigenvalue weighted by Crippen LogP contribution is 2.31. The molecule has 3 nitrogen and oxygen atoms in total. The molecular weight excluding hydrogens is 185 g/mol. The maximum atomic E-state index is 12.1. The van der Waals surface area contributed by atoms with Gasteiger partial charge in [-0.05, 0) is 12.3 Å². The number of hydrogen-bond donors (Lipinski definition) is 0. The Kier molecular flexibility index (Phi) is 2.30. The summed E-state index contributed by atoms with van der Waals surface area (Å²) in [4.78, 5) is 0. The molecule has 1 aliphatic heterocycles. The van der Waals surface area contributed by atoms with E-state index in [1.165, 1.54) is 6.07 Å². The first kappa shape index (κ1) is 9.61. The number of nitriles is 1. The minimum absolute atomic E-state index is 0.272. The zero-order chi connectivity index (χ0) is 10.1. The molecular formula is C7H4F3N2O-. The fourth-order valence-electron chi connectivity index (χ4n) is 0.913. The van der Waals surface area contributed by atoms with Crippen LogP contribution in [0.4, 0.5) is 13.2 Å².